The Morgan fingerprint density at radius 3 is 3.38 bits per heavy atom. The maximum absolute atomic E-state index is 11.8. The van der Waals surface area contributed by atoms with Crippen molar-refractivity contribution in [2.24, 2.45) is 0 Å². The molecular formula is C12H17N3O. The lowest BCUT2D eigenvalue weighted by atomic mass is 10.0. The average Bonchev–Trinajstić information content (AvgIpc) is 2.78. The Morgan fingerprint density at radius 2 is 2.56 bits per heavy atom. The summed E-state index contributed by atoms with van der Waals surface area (Å²) in [5.74, 6) is 0. The van der Waals surface area contributed by atoms with Crippen LogP contribution in [-0.4, -0.2) is 22.5 Å². The van der Waals surface area contributed by atoms with Gasteiger partial charge in [0.15, 0.2) is 0 Å². The number of aromatic nitrogens is 1. The molecule has 1 aromatic rings. The van der Waals surface area contributed by atoms with E-state index in [1.165, 1.54) is 5.56 Å². The lowest BCUT2D eigenvalue weighted by molar-refractivity contribution is 0.203. The van der Waals surface area contributed by atoms with E-state index in [0.29, 0.717) is 0 Å². The number of hydrogen-bond donors (Lipinski definition) is 1. The highest BCUT2D eigenvalue weighted by Gasteiger charge is 2.36. The minimum absolute atomic E-state index is 0. The molecule has 86 valence electrons. The van der Waals surface area contributed by atoms with Gasteiger partial charge in [-0.3, -0.25) is 4.98 Å². The molecule has 0 saturated carbocycles. The number of urea groups is 1. The Morgan fingerprint density at radius 1 is 1.69 bits per heavy atom. The number of aryl methyl sites for hydroxylation is 1. The van der Waals surface area contributed by atoms with Crippen LogP contribution in [0.4, 0.5) is 10.5 Å². The van der Waals surface area contributed by atoms with Crippen molar-refractivity contribution in [1.29, 1.82) is 0 Å². The summed E-state index contributed by atoms with van der Waals surface area (Å²) in [5.41, 5.74) is 3.12. The number of fused-ring (bicyclic) bond motifs is 3. The van der Waals surface area contributed by atoms with Crippen LogP contribution < -0.4 is 5.32 Å². The molecule has 1 aromatic heterocycles. The van der Waals surface area contributed by atoms with Crippen LogP contribution >= 0.6 is 0 Å². The topological polar surface area (TPSA) is 45.2 Å². The van der Waals surface area contributed by atoms with Crippen LogP contribution in [0.15, 0.2) is 12.3 Å². The number of nitrogens with zero attached hydrogens (tertiary/aromatic N) is 2. The third kappa shape index (κ3) is 1.29. The van der Waals surface area contributed by atoms with E-state index in [4.69, 9.17) is 0 Å². The molecule has 4 heteroatoms. The highest BCUT2D eigenvalue weighted by atomic mass is 16.2. The van der Waals surface area contributed by atoms with Gasteiger partial charge in [-0.1, -0.05) is 6.92 Å². The van der Waals surface area contributed by atoms with E-state index < -0.39 is 0 Å². The molecule has 0 radical (unpaired) electrons. The molecule has 16 heavy (non-hydrogen) atoms. The molecule has 2 aliphatic heterocycles. The van der Waals surface area contributed by atoms with Gasteiger partial charge >= 0.3 is 6.03 Å². The van der Waals surface area contributed by atoms with Gasteiger partial charge in [0.2, 0.25) is 0 Å². The summed E-state index contributed by atoms with van der Waals surface area (Å²) in [6.45, 7) is 2.95. The van der Waals surface area contributed by atoms with Crippen molar-refractivity contribution in [3.8, 4) is 0 Å². The summed E-state index contributed by atoms with van der Waals surface area (Å²) in [4.78, 5) is 18.2. The van der Waals surface area contributed by atoms with E-state index in [0.717, 1.165) is 37.2 Å². The predicted octanol–water partition coefficient (Wildman–Crippen LogP) is 2.57. The van der Waals surface area contributed by atoms with E-state index in [1.54, 1.807) is 0 Å². The summed E-state index contributed by atoms with van der Waals surface area (Å²) in [7, 11) is 0. The van der Waals surface area contributed by atoms with Gasteiger partial charge in [-0.25, -0.2) is 4.79 Å². The van der Waals surface area contributed by atoms with Crippen LogP contribution in [0.2, 0.25) is 0 Å². The van der Waals surface area contributed by atoms with Crippen LogP contribution in [0.1, 0.15) is 38.5 Å². The average molecular weight is 219 g/mol. The van der Waals surface area contributed by atoms with Crippen LogP contribution in [-0.2, 0) is 6.42 Å². The molecule has 0 aliphatic carbocycles. The summed E-state index contributed by atoms with van der Waals surface area (Å²) in [6, 6.07) is 2.29. The Labute approximate surface area is 96.1 Å². The molecule has 1 fully saturated rings. The van der Waals surface area contributed by atoms with E-state index in [1.807, 2.05) is 11.1 Å². The zero-order valence-corrected chi connectivity index (χ0v) is 9.36. The van der Waals surface area contributed by atoms with Crippen molar-refractivity contribution in [2.75, 3.05) is 11.9 Å². The fourth-order valence-corrected chi connectivity index (χ4v) is 2.56. The molecule has 2 aliphatic rings. The second-order valence-corrected chi connectivity index (χ2v) is 4.41. The fraction of sp³-hybridized carbons (Fsp3) is 0.500. The van der Waals surface area contributed by atoms with Gasteiger partial charge in [0.05, 0.1) is 17.4 Å². The Balaban J connectivity index is 0.00000108. The molecule has 3 heterocycles. The van der Waals surface area contributed by atoms with Gasteiger partial charge in [0.25, 0.3) is 0 Å². The molecule has 0 aromatic carbocycles. The highest BCUT2D eigenvalue weighted by Crippen LogP contribution is 2.38. The third-order valence-electron chi connectivity index (χ3n) is 3.45. The van der Waals surface area contributed by atoms with Crippen molar-refractivity contribution in [1.82, 2.24) is 9.88 Å². The second kappa shape index (κ2) is 3.47. The summed E-state index contributed by atoms with van der Waals surface area (Å²) in [5, 5.41) is 2.93. The summed E-state index contributed by atoms with van der Waals surface area (Å²) >= 11 is 0. The van der Waals surface area contributed by atoms with Crippen molar-refractivity contribution in [3.05, 3.63) is 23.5 Å². The normalized spacial score (nSPS) is 22.7. The maximum atomic E-state index is 11.8. The molecule has 1 unspecified atom stereocenters. The lowest BCUT2D eigenvalue weighted by Gasteiger charge is -2.31. The predicted molar refractivity (Wildman–Crippen MR) is 63.4 cm³/mol. The van der Waals surface area contributed by atoms with Gasteiger partial charge in [0.1, 0.15) is 0 Å². The summed E-state index contributed by atoms with van der Waals surface area (Å²) in [6.07, 6.45) is 4.99. The molecule has 1 atom stereocenters. The number of nitrogens with one attached hydrogen (secondary N) is 1. The van der Waals surface area contributed by atoms with Crippen LogP contribution in [0.3, 0.4) is 0 Å². The van der Waals surface area contributed by atoms with Crippen molar-refractivity contribution in [3.63, 3.8) is 0 Å². The van der Waals surface area contributed by atoms with Gasteiger partial charge in [-0.15, -0.1) is 0 Å². The molecule has 1 N–H and O–H groups in total. The zero-order chi connectivity index (χ0) is 11.1. The molecule has 1 saturated heterocycles. The maximum Gasteiger partial charge on any atom is 0.322 e. The standard InChI is InChI=1S/C12H15N3O.H2/c1-2-8-6-9-11(13-7-8)10-4-3-5-15(10)12(16)14-9;/h6-7,10H,2-5H2,1H3,(H,14,16);1H. The Bertz CT molecular complexity index is 449. The minimum Gasteiger partial charge on any atom is -0.316 e. The number of hydrogen-bond acceptors (Lipinski definition) is 2. The van der Waals surface area contributed by atoms with Crippen molar-refractivity contribution < 1.29 is 6.22 Å². The van der Waals surface area contributed by atoms with E-state index >= 15 is 0 Å². The first-order valence-electron chi connectivity index (χ1n) is 5.86. The SMILES string of the molecule is CCc1cnc2c(c1)NC(=O)N1CCCC21.[HH]. The molecule has 0 spiro atoms. The highest BCUT2D eigenvalue weighted by molar-refractivity contribution is 5.92. The summed E-state index contributed by atoms with van der Waals surface area (Å²) < 4.78 is 0. The van der Waals surface area contributed by atoms with Crippen LogP contribution in [0, 0.1) is 0 Å². The largest absolute Gasteiger partial charge is 0.322 e. The monoisotopic (exact) mass is 219 g/mol. The first-order valence-corrected chi connectivity index (χ1v) is 5.86. The lowest BCUT2D eigenvalue weighted by Crippen LogP contribution is -2.39. The fourth-order valence-electron chi connectivity index (χ4n) is 2.56. The Hall–Kier alpha value is -1.58. The quantitative estimate of drug-likeness (QED) is 0.789. The van der Waals surface area contributed by atoms with Gasteiger partial charge in [-0.2, -0.15) is 0 Å². The molecule has 2 amide bonds. The smallest absolute Gasteiger partial charge is 0.316 e. The first kappa shape index (κ1) is 9.63. The number of carbonyl (C=O) groups is 1. The molecule has 4 nitrogen and oxygen atoms in total. The number of anilines is 1. The Kier molecular flexibility index (Phi) is 2.09. The number of pyridine rings is 1. The minimum atomic E-state index is 0. The number of carbonyl (C=O) groups excluding carboxylic acids is 1. The van der Waals surface area contributed by atoms with E-state index in [-0.39, 0.29) is 13.5 Å². The number of rotatable bonds is 1. The molecule has 3 rings (SSSR count). The zero-order valence-electron chi connectivity index (χ0n) is 9.36. The van der Waals surface area contributed by atoms with Gasteiger partial charge in [0, 0.05) is 14.2 Å². The van der Waals surface area contributed by atoms with E-state index in [9.17, 15) is 4.79 Å². The third-order valence-corrected chi connectivity index (χ3v) is 3.45. The van der Waals surface area contributed by atoms with E-state index in [2.05, 4.69) is 23.3 Å². The van der Waals surface area contributed by atoms with Gasteiger partial charge < -0.3 is 10.2 Å². The molecule has 0 bridgehead atoms. The van der Waals surface area contributed by atoms with Crippen LogP contribution in [0.5, 0.6) is 0 Å². The molecular weight excluding hydrogens is 202 g/mol. The second-order valence-electron chi connectivity index (χ2n) is 4.41. The van der Waals surface area contributed by atoms with Crippen molar-refractivity contribution >= 4 is 11.7 Å². The van der Waals surface area contributed by atoms with Crippen LogP contribution in [0.25, 0.3) is 0 Å². The van der Waals surface area contributed by atoms with Crippen molar-refractivity contribution in [2.45, 2.75) is 32.2 Å². The number of amides is 2. The first-order chi connectivity index (χ1) is 7.79. The van der Waals surface area contributed by atoms with Gasteiger partial charge in [-0.05, 0) is 30.9 Å².